The third-order valence-electron chi connectivity index (χ3n) is 4.33. The van der Waals surface area contributed by atoms with Gasteiger partial charge in [-0.2, -0.15) is 0 Å². The first-order valence-electron chi connectivity index (χ1n) is 9.19. The van der Waals surface area contributed by atoms with Crippen LogP contribution in [0.1, 0.15) is 19.4 Å². The van der Waals surface area contributed by atoms with Gasteiger partial charge in [-0.15, -0.1) is 0 Å². The monoisotopic (exact) mass is 430 g/mol. The number of anilines is 1. The van der Waals surface area contributed by atoms with Gasteiger partial charge in [0.05, 0.1) is 4.90 Å². The maximum atomic E-state index is 12.8. The van der Waals surface area contributed by atoms with Gasteiger partial charge in [0.15, 0.2) is 6.61 Å². The molecule has 0 saturated carbocycles. The number of nitrogens with zero attached hydrogens (tertiary/aromatic N) is 1. The van der Waals surface area contributed by atoms with Crippen molar-refractivity contribution in [3.05, 3.63) is 54.1 Å². The molecule has 4 N–H and O–H groups in total. The number of hydrogen-bond donors (Lipinski definition) is 3. The zero-order chi connectivity index (χ0) is 21.9. The summed E-state index contributed by atoms with van der Waals surface area (Å²) in [5.41, 5.74) is 5.98. The Morgan fingerprint density at radius 3 is 2.43 bits per heavy atom. The highest BCUT2D eigenvalue weighted by molar-refractivity contribution is 7.90. The highest BCUT2D eigenvalue weighted by atomic mass is 32.2. The Morgan fingerprint density at radius 2 is 1.80 bits per heavy atom. The molecule has 3 rings (SSSR count). The minimum absolute atomic E-state index is 0.137. The van der Waals surface area contributed by atoms with Gasteiger partial charge in [0, 0.05) is 11.3 Å². The minimum atomic E-state index is -3.69. The molecular formula is C20H22N4O5S. The van der Waals surface area contributed by atoms with Crippen LogP contribution in [0, 0.1) is 5.92 Å². The van der Waals surface area contributed by atoms with Crippen LogP contribution in [-0.4, -0.2) is 38.7 Å². The summed E-state index contributed by atoms with van der Waals surface area (Å²) < 4.78 is 32.1. The van der Waals surface area contributed by atoms with E-state index in [1.807, 2.05) is 13.8 Å². The predicted octanol–water partition coefficient (Wildman–Crippen LogP) is 1.25. The van der Waals surface area contributed by atoms with Gasteiger partial charge in [-0.25, -0.2) is 8.42 Å². The Morgan fingerprint density at radius 1 is 1.13 bits per heavy atom. The van der Waals surface area contributed by atoms with Crippen molar-refractivity contribution < 1.29 is 22.7 Å². The fourth-order valence-electron chi connectivity index (χ4n) is 2.88. The molecule has 0 bridgehead atoms. The van der Waals surface area contributed by atoms with Gasteiger partial charge in [0.25, 0.3) is 15.9 Å². The number of primary amides is 1. The lowest BCUT2D eigenvalue weighted by Crippen LogP contribution is -2.34. The number of carbonyl (C=O) groups excluding carboxylic acids is 2. The first-order chi connectivity index (χ1) is 14.2. The number of nitrogens with two attached hydrogens (primary N) is 1. The molecule has 0 aromatic heterocycles. The lowest BCUT2D eigenvalue weighted by molar-refractivity contribution is -0.120. The standard InChI is InChI=1S/C20H22N4O5S/c1-12(2)18(23-19-15-5-3-4-6-16(15)30(27,28)24-19)20(26)22-13-7-9-14(10-8-13)29-11-17(21)25/h3-10,12,18H,11H2,1-2H3,(H2,21,25)(H,22,26)(H,23,24)/t18-/m0/s1. The van der Waals surface area contributed by atoms with E-state index in [-0.39, 0.29) is 29.2 Å². The average Bonchev–Trinajstić information content (AvgIpc) is 2.95. The summed E-state index contributed by atoms with van der Waals surface area (Å²) in [6.45, 7) is 3.41. The van der Waals surface area contributed by atoms with Gasteiger partial charge < -0.3 is 15.8 Å². The maximum absolute atomic E-state index is 12.8. The third-order valence-corrected chi connectivity index (χ3v) is 5.73. The first kappa shape index (κ1) is 21.3. The SMILES string of the molecule is CC(C)[C@H](N=C1NS(=O)(=O)c2ccccc21)C(=O)Nc1ccc(OCC(N)=O)cc1. The van der Waals surface area contributed by atoms with Gasteiger partial charge in [-0.3, -0.25) is 19.3 Å². The molecule has 0 spiro atoms. The van der Waals surface area contributed by atoms with Crippen LogP contribution in [0.15, 0.2) is 58.4 Å². The Kier molecular flexibility index (Phi) is 6.06. The molecule has 1 heterocycles. The molecule has 0 fully saturated rings. The number of sulfonamides is 1. The number of benzene rings is 2. The van der Waals surface area contributed by atoms with Crippen molar-refractivity contribution >= 4 is 33.4 Å². The van der Waals surface area contributed by atoms with Crippen LogP contribution in [-0.2, 0) is 19.6 Å². The highest BCUT2D eigenvalue weighted by Crippen LogP contribution is 2.24. The van der Waals surface area contributed by atoms with Gasteiger partial charge in [0.2, 0.25) is 5.91 Å². The van der Waals surface area contributed by atoms with Crippen LogP contribution in [0.2, 0.25) is 0 Å². The molecule has 10 heteroatoms. The van der Waals surface area contributed by atoms with Crippen molar-refractivity contribution in [2.75, 3.05) is 11.9 Å². The normalized spacial score (nSPS) is 16.6. The van der Waals surface area contributed by atoms with Crippen molar-refractivity contribution in [1.82, 2.24) is 4.72 Å². The number of ether oxygens (including phenoxy) is 1. The largest absolute Gasteiger partial charge is 0.484 e. The van der Waals surface area contributed by atoms with Crippen molar-refractivity contribution in [1.29, 1.82) is 0 Å². The molecule has 1 atom stereocenters. The van der Waals surface area contributed by atoms with Crippen molar-refractivity contribution in [3.8, 4) is 5.75 Å². The molecule has 2 aromatic rings. The molecule has 30 heavy (non-hydrogen) atoms. The number of carbonyl (C=O) groups is 2. The van der Waals surface area contributed by atoms with Gasteiger partial charge in [0.1, 0.15) is 17.6 Å². The molecule has 0 saturated heterocycles. The number of rotatable bonds is 7. The van der Waals surface area contributed by atoms with E-state index in [1.165, 1.54) is 6.07 Å². The van der Waals surface area contributed by atoms with Crippen molar-refractivity contribution in [2.45, 2.75) is 24.8 Å². The molecule has 2 aromatic carbocycles. The summed E-state index contributed by atoms with van der Waals surface area (Å²) in [4.78, 5) is 28.1. The van der Waals surface area contributed by atoms with E-state index < -0.39 is 22.0 Å². The number of amidine groups is 1. The zero-order valence-electron chi connectivity index (χ0n) is 16.5. The smallest absolute Gasteiger partial charge is 0.263 e. The second-order valence-corrected chi connectivity index (χ2v) is 8.69. The predicted molar refractivity (Wildman–Crippen MR) is 112 cm³/mol. The minimum Gasteiger partial charge on any atom is -0.484 e. The average molecular weight is 430 g/mol. The molecule has 9 nitrogen and oxygen atoms in total. The van der Waals surface area contributed by atoms with Gasteiger partial charge >= 0.3 is 0 Å². The van der Waals surface area contributed by atoms with Gasteiger partial charge in [-0.05, 0) is 42.3 Å². The van der Waals surface area contributed by atoms with E-state index in [0.717, 1.165) is 0 Å². The summed E-state index contributed by atoms with van der Waals surface area (Å²) in [5.74, 6) is -0.575. The van der Waals surface area contributed by atoms with E-state index >= 15 is 0 Å². The van der Waals surface area contributed by atoms with Gasteiger partial charge in [-0.1, -0.05) is 26.0 Å². The number of fused-ring (bicyclic) bond motifs is 1. The zero-order valence-corrected chi connectivity index (χ0v) is 17.3. The topological polar surface area (TPSA) is 140 Å². The first-order valence-corrected chi connectivity index (χ1v) is 10.7. The number of nitrogens with one attached hydrogen (secondary N) is 2. The lowest BCUT2D eigenvalue weighted by Gasteiger charge is -2.17. The van der Waals surface area contributed by atoms with Crippen molar-refractivity contribution in [2.24, 2.45) is 16.6 Å². The Balaban J connectivity index is 1.78. The molecule has 158 valence electrons. The maximum Gasteiger partial charge on any atom is 0.263 e. The van der Waals surface area contributed by atoms with Crippen LogP contribution in [0.3, 0.4) is 0 Å². The van der Waals surface area contributed by atoms with Crippen LogP contribution in [0.25, 0.3) is 0 Å². The quantitative estimate of drug-likeness (QED) is 0.606. The highest BCUT2D eigenvalue weighted by Gasteiger charge is 2.32. The molecule has 0 radical (unpaired) electrons. The summed E-state index contributed by atoms with van der Waals surface area (Å²) in [7, 11) is -3.69. The lowest BCUT2D eigenvalue weighted by atomic mass is 10.0. The van der Waals surface area contributed by atoms with Crippen LogP contribution >= 0.6 is 0 Å². The Bertz CT molecular complexity index is 1090. The number of aliphatic imine (C=N–C) groups is 1. The molecule has 0 unspecified atom stereocenters. The second-order valence-electron chi connectivity index (χ2n) is 7.04. The Labute approximate surface area is 174 Å². The van der Waals surface area contributed by atoms with Crippen molar-refractivity contribution in [3.63, 3.8) is 0 Å². The van der Waals surface area contributed by atoms with Crippen LogP contribution in [0.4, 0.5) is 5.69 Å². The van der Waals surface area contributed by atoms with E-state index in [2.05, 4.69) is 15.0 Å². The summed E-state index contributed by atoms with van der Waals surface area (Å²) in [5, 5.41) is 2.76. The Hall–Kier alpha value is -3.40. The number of amides is 2. The summed E-state index contributed by atoms with van der Waals surface area (Å²) in [6.07, 6.45) is 0. The fraction of sp³-hybridized carbons (Fsp3) is 0.250. The van der Waals surface area contributed by atoms with E-state index in [1.54, 1.807) is 42.5 Å². The summed E-state index contributed by atoms with van der Waals surface area (Å²) in [6, 6.07) is 12.1. The third kappa shape index (κ3) is 4.77. The fourth-order valence-corrected chi connectivity index (χ4v) is 4.12. The second kappa shape index (κ2) is 8.54. The van der Waals surface area contributed by atoms with Crippen LogP contribution < -0.4 is 20.5 Å². The molecular weight excluding hydrogens is 408 g/mol. The molecule has 0 aliphatic carbocycles. The molecule has 1 aliphatic rings. The van der Waals surface area contributed by atoms with E-state index in [9.17, 15) is 18.0 Å². The molecule has 2 amide bonds. The van der Waals surface area contributed by atoms with Crippen LogP contribution in [0.5, 0.6) is 5.75 Å². The van der Waals surface area contributed by atoms with E-state index in [4.69, 9.17) is 10.5 Å². The van der Waals surface area contributed by atoms with E-state index in [0.29, 0.717) is 17.0 Å². The number of hydrogen-bond acceptors (Lipinski definition) is 6. The molecule has 1 aliphatic heterocycles. The summed E-state index contributed by atoms with van der Waals surface area (Å²) >= 11 is 0.